The van der Waals surface area contributed by atoms with E-state index in [0.29, 0.717) is 28.4 Å². The minimum absolute atomic E-state index is 0.00671. The van der Waals surface area contributed by atoms with Crippen molar-refractivity contribution in [1.82, 2.24) is 20.2 Å². The number of rotatable bonds is 9. The predicted molar refractivity (Wildman–Crippen MR) is 164 cm³/mol. The van der Waals surface area contributed by atoms with E-state index < -0.39 is 18.2 Å². The van der Waals surface area contributed by atoms with E-state index in [1.165, 1.54) is 0 Å². The van der Waals surface area contributed by atoms with Crippen LogP contribution in [0.25, 0.3) is 33.1 Å². The van der Waals surface area contributed by atoms with Gasteiger partial charge in [-0.05, 0) is 60.7 Å². The first-order chi connectivity index (χ1) is 19.6. The predicted octanol–water partition coefficient (Wildman–Crippen LogP) is 5.28. The SMILES string of the molecule is CCS(=O)(=O)c1cccc(-c2cc(C(=O)NC3CCN(CCOP(C)O)CC3)c(C)c3[nH]c4ncc(Cl)cc4c23)c1. The van der Waals surface area contributed by atoms with E-state index in [0.717, 1.165) is 59.9 Å². The number of aromatic amines is 1. The van der Waals surface area contributed by atoms with Crippen LogP contribution >= 0.6 is 20.0 Å². The first-order valence-electron chi connectivity index (χ1n) is 13.6. The highest BCUT2D eigenvalue weighted by Crippen LogP contribution is 2.39. The lowest BCUT2D eigenvalue weighted by Crippen LogP contribution is -2.45. The topological polar surface area (TPSA) is 125 Å². The molecule has 2 aromatic carbocycles. The maximum atomic E-state index is 13.7. The number of sulfone groups is 1. The number of aromatic nitrogens is 2. The number of nitrogens with one attached hydrogen (secondary N) is 2. The number of nitrogens with zero attached hydrogens (tertiary/aromatic N) is 2. The Morgan fingerprint density at radius 1 is 1.27 bits per heavy atom. The summed E-state index contributed by atoms with van der Waals surface area (Å²) in [7, 11) is -4.78. The van der Waals surface area contributed by atoms with E-state index in [4.69, 9.17) is 16.1 Å². The molecule has 1 aliphatic rings. The van der Waals surface area contributed by atoms with Crippen LogP contribution in [0.4, 0.5) is 0 Å². The number of carbonyl (C=O) groups is 1. The van der Waals surface area contributed by atoms with Gasteiger partial charge in [0, 0.05) is 54.9 Å². The number of fused-ring (bicyclic) bond motifs is 3. The second-order valence-electron chi connectivity index (χ2n) is 10.3. The Balaban J connectivity index is 1.50. The molecule has 0 aliphatic carbocycles. The van der Waals surface area contributed by atoms with Gasteiger partial charge in [0.15, 0.2) is 18.2 Å². The third kappa shape index (κ3) is 6.43. The first kappa shape index (κ1) is 29.9. The zero-order chi connectivity index (χ0) is 29.3. The molecule has 0 radical (unpaired) electrons. The molecule has 3 N–H and O–H groups in total. The summed E-state index contributed by atoms with van der Waals surface area (Å²) in [6.07, 6.45) is 3.19. The Labute approximate surface area is 246 Å². The number of aryl methyl sites for hydroxylation is 1. The number of likely N-dealkylation sites (tertiary alicyclic amines) is 1. The molecule has 1 atom stereocenters. The number of hydrogen-bond acceptors (Lipinski definition) is 7. The molecule has 4 aromatic rings. The standard InChI is InChI=1S/C29H34ClN4O5PS/c1-4-41(37,38)22-7-5-6-19(14-22)24-16-23(18(2)27-26(24)25-15-20(30)17-31-28(25)33-27)29(35)32-21-8-10-34(11-9-21)12-13-39-40(3)36/h5-7,14-17,21,36H,4,8-13H2,1-3H3,(H,31,33)(H,32,35). The van der Waals surface area contributed by atoms with Gasteiger partial charge in [0.05, 0.1) is 27.8 Å². The Hall–Kier alpha value is -2.59. The van der Waals surface area contributed by atoms with Crippen LogP contribution in [0.15, 0.2) is 47.5 Å². The van der Waals surface area contributed by atoms with Crippen molar-refractivity contribution in [3.05, 3.63) is 58.7 Å². The summed E-state index contributed by atoms with van der Waals surface area (Å²) >= 11 is 6.32. The van der Waals surface area contributed by atoms with E-state index >= 15 is 0 Å². The summed E-state index contributed by atoms with van der Waals surface area (Å²) in [6, 6.07) is 10.6. The molecule has 1 unspecified atom stereocenters. The first-order valence-corrected chi connectivity index (χ1v) is 17.3. The van der Waals surface area contributed by atoms with Crippen molar-refractivity contribution in [2.45, 2.75) is 37.6 Å². The van der Waals surface area contributed by atoms with E-state index in [9.17, 15) is 18.1 Å². The Morgan fingerprint density at radius 3 is 2.73 bits per heavy atom. The molecule has 1 saturated heterocycles. The lowest BCUT2D eigenvalue weighted by molar-refractivity contribution is 0.0905. The third-order valence-corrected chi connectivity index (χ3v) is 10.2. The normalized spacial score (nSPS) is 15.9. The summed E-state index contributed by atoms with van der Waals surface area (Å²) in [5.74, 6) is -0.181. The Kier molecular flexibility index (Phi) is 8.99. The van der Waals surface area contributed by atoms with Crippen molar-refractivity contribution in [3.63, 3.8) is 0 Å². The number of halogens is 1. The molecule has 12 heteroatoms. The summed E-state index contributed by atoms with van der Waals surface area (Å²) < 4.78 is 30.7. The number of benzene rings is 2. The van der Waals surface area contributed by atoms with Crippen LogP contribution in [0.3, 0.4) is 0 Å². The van der Waals surface area contributed by atoms with Crippen molar-refractivity contribution < 1.29 is 22.6 Å². The van der Waals surface area contributed by atoms with Gasteiger partial charge in [-0.15, -0.1) is 0 Å². The molecule has 1 fully saturated rings. The van der Waals surface area contributed by atoms with Crippen LogP contribution in [0.1, 0.15) is 35.7 Å². The van der Waals surface area contributed by atoms with E-state index in [1.54, 1.807) is 38.0 Å². The molecule has 3 heterocycles. The minimum Gasteiger partial charge on any atom is -0.350 e. The maximum absolute atomic E-state index is 13.7. The van der Waals surface area contributed by atoms with Gasteiger partial charge in [-0.3, -0.25) is 4.79 Å². The zero-order valence-corrected chi connectivity index (χ0v) is 25.7. The fraction of sp³-hybridized carbons (Fsp3) is 0.379. The number of carbonyl (C=O) groups excluding carboxylic acids is 1. The largest absolute Gasteiger partial charge is 0.350 e. The van der Waals surface area contributed by atoms with Crippen molar-refractivity contribution in [1.29, 1.82) is 0 Å². The highest BCUT2D eigenvalue weighted by Gasteiger charge is 2.25. The molecule has 9 nitrogen and oxygen atoms in total. The lowest BCUT2D eigenvalue weighted by atomic mass is 9.93. The van der Waals surface area contributed by atoms with Gasteiger partial charge in [0.25, 0.3) is 5.91 Å². The van der Waals surface area contributed by atoms with Gasteiger partial charge in [0.1, 0.15) is 5.65 Å². The van der Waals surface area contributed by atoms with Crippen molar-refractivity contribution >= 4 is 57.7 Å². The molecule has 0 spiro atoms. The maximum Gasteiger partial charge on any atom is 0.251 e. The summed E-state index contributed by atoms with van der Waals surface area (Å²) in [4.78, 5) is 33.4. The Morgan fingerprint density at radius 2 is 2.02 bits per heavy atom. The molecule has 0 saturated carbocycles. The number of piperidine rings is 1. The van der Waals surface area contributed by atoms with Gasteiger partial charge in [0.2, 0.25) is 0 Å². The average molecular weight is 617 g/mol. The highest BCUT2D eigenvalue weighted by atomic mass is 35.5. The fourth-order valence-corrected chi connectivity index (χ4v) is 6.85. The monoisotopic (exact) mass is 616 g/mol. The van der Waals surface area contributed by atoms with E-state index in [1.807, 2.05) is 25.1 Å². The van der Waals surface area contributed by atoms with Gasteiger partial charge in [-0.1, -0.05) is 30.7 Å². The molecule has 41 heavy (non-hydrogen) atoms. The van der Waals surface area contributed by atoms with Crippen LogP contribution in [0, 0.1) is 6.92 Å². The summed E-state index contributed by atoms with van der Waals surface area (Å²) in [5, 5.41) is 5.34. The number of pyridine rings is 1. The number of H-pyrrole nitrogens is 1. The van der Waals surface area contributed by atoms with Crippen LogP contribution in [-0.2, 0) is 14.4 Å². The Bertz CT molecular complexity index is 1700. The highest BCUT2D eigenvalue weighted by molar-refractivity contribution is 7.91. The van der Waals surface area contributed by atoms with Crippen LogP contribution < -0.4 is 5.32 Å². The second kappa shape index (κ2) is 12.3. The molecule has 218 valence electrons. The average Bonchev–Trinajstić information content (AvgIpc) is 3.33. The van der Waals surface area contributed by atoms with E-state index in [2.05, 4.69) is 20.2 Å². The molecular formula is C29H34ClN4O5PS. The second-order valence-corrected chi connectivity index (χ2v) is 14.2. The molecule has 1 aliphatic heterocycles. The fourth-order valence-electron chi connectivity index (χ4n) is 5.42. The van der Waals surface area contributed by atoms with Crippen LogP contribution in [0.5, 0.6) is 0 Å². The zero-order valence-electron chi connectivity index (χ0n) is 23.3. The van der Waals surface area contributed by atoms with Gasteiger partial charge < -0.3 is 24.6 Å². The molecular weight excluding hydrogens is 583 g/mol. The molecule has 1 amide bonds. The van der Waals surface area contributed by atoms with Crippen molar-refractivity contribution in [3.8, 4) is 11.1 Å². The minimum atomic E-state index is -3.43. The van der Waals surface area contributed by atoms with E-state index in [-0.39, 0.29) is 22.6 Å². The van der Waals surface area contributed by atoms with Crippen LogP contribution in [-0.4, -0.2) is 78.8 Å². The summed E-state index contributed by atoms with van der Waals surface area (Å²) in [6.45, 7) is 8.09. The van der Waals surface area contributed by atoms with Gasteiger partial charge in [-0.2, -0.15) is 0 Å². The number of amides is 1. The third-order valence-electron chi connectivity index (χ3n) is 7.69. The molecule has 0 bridgehead atoms. The smallest absolute Gasteiger partial charge is 0.251 e. The number of hydrogen-bond donors (Lipinski definition) is 3. The molecule has 5 rings (SSSR count). The van der Waals surface area contributed by atoms with Crippen LogP contribution in [0.2, 0.25) is 5.02 Å². The van der Waals surface area contributed by atoms with Crippen molar-refractivity contribution in [2.24, 2.45) is 0 Å². The van der Waals surface area contributed by atoms with Gasteiger partial charge >= 0.3 is 0 Å². The quantitative estimate of drug-likeness (QED) is 0.218. The van der Waals surface area contributed by atoms with Gasteiger partial charge in [-0.25, -0.2) is 13.4 Å². The van der Waals surface area contributed by atoms with Crippen molar-refractivity contribution in [2.75, 3.05) is 38.7 Å². The molecule has 2 aromatic heterocycles. The lowest BCUT2D eigenvalue weighted by Gasteiger charge is -2.32. The summed E-state index contributed by atoms with van der Waals surface area (Å²) in [5.41, 5.74) is 4.11.